The van der Waals surface area contributed by atoms with Gasteiger partial charge in [-0.25, -0.2) is 4.98 Å². The van der Waals surface area contributed by atoms with E-state index in [9.17, 15) is 9.59 Å². The molecule has 1 heterocycles. The zero-order chi connectivity index (χ0) is 28.1. The molecule has 202 valence electrons. The van der Waals surface area contributed by atoms with Crippen molar-refractivity contribution in [3.05, 3.63) is 89.8 Å². The summed E-state index contributed by atoms with van der Waals surface area (Å²) in [5, 5.41) is 7.78. The van der Waals surface area contributed by atoms with Gasteiger partial charge < -0.3 is 14.8 Å². The Morgan fingerprint density at radius 3 is 2.56 bits per heavy atom. The molecule has 1 atom stereocenters. The van der Waals surface area contributed by atoms with E-state index in [1.807, 2.05) is 44.2 Å². The summed E-state index contributed by atoms with van der Waals surface area (Å²) in [6, 6.07) is 16.3. The van der Waals surface area contributed by atoms with E-state index in [-0.39, 0.29) is 24.0 Å². The standard InChI is InChI=1S/C28H25Br3N4O4/c1-4-16(2)27-34-21-11-10-18(29)13-20(21)28(37)35(27)32-14-17-12-22(38-3)26(25(31)24(17)30)39-15-23(36)33-19-8-6-5-7-9-19/h5-14,16H,4,15H2,1-3H3,(H,33,36)/t16-/m0/s1. The maximum atomic E-state index is 13.4. The lowest BCUT2D eigenvalue weighted by Gasteiger charge is -2.16. The topological polar surface area (TPSA) is 94.8 Å². The number of methoxy groups -OCH3 is 1. The van der Waals surface area contributed by atoms with E-state index in [1.165, 1.54) is 11.8 Å². The number of benzene rings is 3. The number of carbonyl (C=O) groups is 1. The van der Waals surface area contributed by atoms with Crippen LogP contribution in [0.2, 0.25) is 0 Å². The molecule has 1 aromatic heterocycles. The van der Waals surface area contributed by atoms with Crippen LogP contribution in [0.15, 0.2) is 77.9 Å². The van der Waals surface area contributed by atoms with Crippen LogP contribution in [0.4, 0.5) is 5.69 Å². The fourth-order valence-corrected chi connectivity index (χ4v) is 5.04. The molecule has 0 saturated heterocycles. The van der Waals surface area contributed by atoms with Gasteiger partial charge in [-0.2, -0.15) is 9.78 Å². The normalized spacial score (nSPS) is 12.1. The Morgan fingerprint density at radius 1 is 1.13 bits per heavy atom. The SMILES string of the molecule is CC[C@H](C)c1nc2ccc(Br)cc2c(=O)n1N=Cc1cc(OC)c(OCC(=O)Nc2ccccc2)c(Br)c1Br. The monoisotopic (exact) mass is 718 g/mol. The van der Waals surface area contributed by atoms with Crippen LogP contribution >= 0.6 is 47.8 Å². The van der Waals surface area contributed by atoms with Crippen LogP contribution in [0, 0.1) is 0 Å². The lowest BCUT2D eigenvalue weighted by molar-refractivity contribution is -0.118. The van der Waals surface area contributed by atoms with Gasteiger partial charge >= 0.3 is 0 Å². The molecule has 3 aromatic carbocycles. The van der Waals surface area contributed by atoms with E-state index in [2.05, 4.69) is 58.2 Å². The minimum absolute atomic E-state index is 0.00502. The van der Waals surface area contributed by atoms with Gasteiger partial charge in [0.05, 0.1) is 28.7 Å². The number of rotatable bonds is 9. The predicted octanol–water partition coefficient (Wildman–Crippen LogP) is 7.11. The van der Waals surface area contributed by atoms with E-state index in [0.29, 0.717) is 48.4 Å². The van der Waals surface area contributed by atoms with Gasteiger partial charge in [0, 0.05) is 26.1 Å². The number of nitrogens with zero attached hydrogens (tertiary/aromatic N) is 3. The minimum Gasteiger partial charge on any atom is -0.493 e. The zero-order valence-electron chi connectivity index (χ0n) is 21.4. The average Bonchev–Trinajstić information content (AvgIpc) is 2.94. The maximum Gasteiger partial charge on any atom is 0.282 e. The zero-order valence-corrected chi connectivity index (χ0v) is 26.1. The third-order valence-electron chi connectivity index (χ3n) is 5.98. The fourth-order valence-electron chi connectivity index (χ4n) is 3.74. The number of ether oxygens (including phenoxy) is 2. The number of hydrogen-bond acceptors (Lipinski definition) is 6. The Labute approximate surface area is 250 Å². The number of hydrogen-bond donors (Lipinski definition) is 1. The molecule has 39 heavy (non-hydrogen) atoms. The first kappa shape index (κ1) is 29.0. The molecule has 0 bridgehead atoms. The van der Waals surface area contributed by atoms with Crippen LogP contribution in [0.5, 0.6) is 11.5 Å². The molecule has 4 rings (SSSR count). The van der Waals surface area contributed by atoms with Gasteiger partial charge in [0.2, 0.25) is 0 Å². The van der Waals surface area contributed by atoms with E-state index in [4.69, 9.17) is 14.5 Å². The van der Waals surface area contributed by atoms with Crippen LogP contribution in [-0.2, 0) is 4.79 Å². The number of fused-ring (bicyclic) bond motifs is 1. The molecule has 0 aliphatic carbocycles. The second kappa shape index (κ2) is 12.9. The Morgan fingerprint density at radius 2 is 1.87 bits per heavy atom. The molecule has 4 aromatic rings. The predicted molar refractivity (Wildman–Crippen MR) is 164 cm³/mol. The van der Waals surface area contributed by atoms with Gasteiger partial charge in [-0.05, 0) is 74.7 Å². The molecule has 0 unspecified atom stereocenters. The number of nitrogens with one attached hydrogen (secondary N) is 1. The number of amides is 1. The Bertz CT molecular complexity index is 1610. The second-order valence-electron chi connectivity index (χ2n) is 8.63. The van der Waals surface area contributed by atoms with Gasteiger partial charge in [0.15, 0.2) is 18.1 Å². The number of para-hydroxylation sites is 1. The molecule has 8 nitrogen and oxygen atoms in total. The molecule has 1 N–H and O–H groups in total. The van der Waals surface area contributed by atoms with Crippen molar-refractivity contribution >= 4 is 76.5 Å². The number of halogens is 3. The van der Waals surface area contributed by atoms with Crippen LogP contribution in [0.1, 0.15) is 37.6 Å². The van der Waals surface area contributed by atoms with Crippen molar-refractivity contribution in [2.45, 2.75) is 26.2 Å². The van der Waals surface area contributed by atoms with Crippen molar-refractivity contribution in [3.8, 4) is 11.5 Å². The summed E-state index contributed by atoms with van der Waals surface area (Å²) in [6.45, 7) is 3.82. The highest BCUT2D eigenvalue weighted by Gasteiger charge is 2.19. The molecular formula is C28H25Br3N4O4. The molecule has 1 amide bonds. The van der Waals surface area contributed by atoms with Crippen molar-refractivity contribution in [2.24, 2.45) is 5.10 Å². The summed E-state index contributed by atoms with van der Waals surface area (Å²) in [5.74, 6) is 0.989. The number of carbonyl (C=O) groups excluding carboxylic acids is 1. The highest BCUT2D eigenvalue weighted by molar-refractivity contribution is 9.13. The first-order valence-electron chi connectivity index (χ1n) is 12.0. The van der Waals surface area contributed by atoms with Gasteiger partial charge in [0.1, 0.15) is 5.82 Å². The Balaban J connectivity index is 1.67. The van der Waals surface area contributed by atoms with E-state index >= 15 is 0 Å². The van der Waals surface area contributed by atoms with Crippen molar-refractivity contribution < 1.29 is 14.3 Å². The lowest BCUT2D eigenvalue weighted by Crippen LogP contribution is -2.23. The molecule has 11 heteroatoms. The van der Waals surface area contributed by atoms with Gasteiger partial charge in [-0.15, -0.1) is 0 Å². The quantitative estimate of drug-likeness (QED) is 0.186. The third kappa shape index (κ3) is 6.59. The molecule has 0 spiro atoms. The average molecular weight is 721 g/mol. The Hall–Kier alpha value is -3.02. The maximum absolute atomic E-state index is 13.4. The van der Waals surface area contributed by atoms with E-state index in [0.717, 1.165) is 10.9 Å². The summed E-state index contributed by atoms with van der Waals surface area (Å²) in [5.41, 5.74) is 1.65. The van der Waals surface area contributed by atoms with Crippen molar-refractivity contribution in [3.63, 3.8) is 0 Å². The smallest absolute Gasteiger partial charge is 0.282 e. The second-order valence-corrected chi connectivity index (χ2v) is 11.1. The molecule has 0 saturated carbocycles. The first-order valence-corrected chi connectivity index (χ1v) is 14.4. The summed E-state index contributed by atoms with van der Waals surface area (Å²) >= 11 is 10.5. The van der Waals surface area contributed by atoms with Crippen molar-refractivity contribution in [2.75, 3.05) is 19.0 Å². The minimum atomic E-state index is -0.315. The molecule has 0 aliphatic heterocycles. The van der Waals surface area contributed by atoms with Crippen molar-refractivity contribution in [1.82, 2.24) is 9.66 Å². The molecule has 0 radical (unpaired) electrons. The summed E-state index contributed by atoms with van der Waals surface area (Å²) in [4.78, 5) is 30.6. The van der Waals surface area contributed by atoms with Gasteiger partial charge in [-0.1, -0.05) is 48.0 Å². The van der Waals surface area contributed by atoms with E-state index < -0.39 is 0 Å². The van der Waals surface area contributed by atoms with Crippen molar-refractivity contribution in [1.29, 1.82) is 0 Å². The first-order chi connectivity index (χ1) is 18.7. The van der Waals surface area contributed by atoms with Gasteiger partial charge in [0.25, 0.3) is 11.5 Å². The third-order valence-corrected chi connectivity index (χ3v) is 8.62. The molecule has 0 aliphatic rings. The van der Waals surface area contributed by atoms with Crippen LogP contribution in [0.3, 0.4) is 0 Å². The van der Waals surface area contributed by atoms with Crippen LogP contribution < -0.4 is 20.3 Å². The van der Waals surface area contributed by atoms with Gasteiger partial charge in [-0.3, -0.25) is 9.59 Å². The number of aromatic nitrogens is 2. The summed E-state index contributed by atoms with van der Waals surface area (Å²) in [7, 11) is 1.50. The fraction of sp³-hybridized carbons (Fsp3) is 0.214. The Kier molecular flexibility index (Phi) is 9.58. The van der Waals surface area contributed by atoms with Crippen LogP contribution in [0.25, 0.3) is 10.9 Å². The highest BCUT2D eigenvalue weighted by Crippen LogP contribution is 2.42. The molecular weight excluding hydrogens is 696 g/mol. The van der Waals surface area contributed by atoms with Crippen LogP contribution in [-0.4, -0.2) is 35.5 Å². The molecule has 0 fully saturated rings. The number of anilines is 1. The summed E-state index contributed by atoms with van der Waals surface area (Å²) in [6.07, 6.45) is 2.35. The highest BCUT2D eigenvalue weighted by atomic mass is 79.9. The van der Waals surface area contributed by atoms with E-state index in [1.54, 1.807) is 30.5 Å². The summed E-state index contributed by atoms with van der Waals surface area (Å²) < 4.78 is 14.6. The lowest BCUT2D eigenvalue weighted by atomic mass is 10.1. The largest absolute Gasteiger partial charge is 0.493 e.